The highest BCUT2D eigenvalue weighted by molar-refractivity contribution is 7.10. The molecule has 3 heteroatoms. The first-order valence-corrected chi connectivity index (χ1v) is 5.61. The fraction of sp³-hybridized carbons (Fsp3) is 0. The van der Waals surface area contributed by atoms with Gasteiger partial charge < -0.3 is 5.11 Å². The third-order valence-electron chi connectivity index (χ3n) is 1.60. The normalized spacial score (nSPS) is 12.5. The Morgan fingerprint density at radius 2 is 1.81 bits per heavy atom. The monoisotopic (exact) mass is 232 g/mol. The van der Waals surface area contributed by atoms with Crippen LogP contribution >= 0.6 is 11.3 Å². The number of hydrogen-bond acceptors (Lipinski definition) is 2. The zero-order valence-corrected chi connectivity index (χ0v) is 9.43. The summed E-state index contributed by atoms with van der Waals surface area (Å²) >= 11 is 1.68. The van der Waals surface area contributed by atoms with Crippen LogP contribution in [0.1, 0.15) is 4.88 Å². The molecule has 2 nitrogen and oxygen atoms in total. The molecule has 1 aromatic heterocycles. The molecule has 0 aliphatic rings. The summed E-state index contributed by atoms with van der Waals surface area (Å²) in [7, 11) is 0. The van der Waals surface area contributed by atoms with E-state index in [4.69, 9.17) is 5.11 Å². The van der Waals surface area contributed by atoms with Gasteiger partial charge in [0.2, 0.25) is 0 Å². The number of rotatable bonds is 5. The molecule has 0 unspecified atom stereocenters. The van der Waals surface area contributed by atoms with Crippen molar-refractivity contribution < 1.29 is 9.90 Å². The van der Waals surface area contributed by atoms with Crippen molar-refractivity contribution in [3.05, 3.63) is 64.9 Å². The fourth-order valence-corrected chi connectivity index (χ4v) is 1.56. The zero-order chi connectivity index (χ0) is 11.6. The molecule has 0 aliphatic heterocycles. The Kier molecular flexibility index (Phi) is 5.66. The first-order valence-electron chi connectivity index (χ1n) is 4.73. The van der Waals surface area contributed by atoms with E-state index in [0.29, 0.717) is 0 Å². The van der Waals surface area contributed by atoms with Gasteiger partial charge in [-0.05, 0) is 17.5 Å². The van der Waals surface area contributed by atoms with E-state index in [9.17, 15) is 4.79 Å². The maximum atomic E-state index is 10.1. The summed E-state index contributed by atoms with van der Waals surface area (Å²) in [5.41, 5.74) is 0. The number of carbonyl (C=O) groups is 1. The third-order valence-corrected chi connectivity index (χ3v) is 2.44. The third kappa shape index (κ3) is 5.78. The van der Waals surface area contributed by atoms with Crippen LogP contribution in [0.15, 0.2) is 60.0 Å². The molecule has 0 saturated carbocycles. The summed E-state index contributed by atoms with van der Waals surface area (Å²) in [6.07, 6.45) is 13.7. The highest BCUT2D eigenvalue weighted by Crippen LogP contribution is 2.09. The molecule has 0 aliphatic carbocycles. The summed E-state index contributed by atoms with van der Waals surface area (Å²) in [6, 6.07) is 4.05. The molecule has 16 heavy (non-hydrogen) atoms. The van der Waals surface area contributed by atoms with Gasteiger partial charge in [0.1, 0.15) is 0 Å². The minimum atomic E-state index is -0.939. The van der Waals surface area contributed by atoms with Gasteiger partial charge in [0.25, 0.3) is 0 Å². The van der Waals surface area contributed by atoms with Crippen molar-refractivity contribution in [3.8, 4) is 0 Å². The van der Waals surface area contributed by atoms with Gasteiger partial charge in [0.15, 0.2) is 0 Å². The van der Waals surface area contributed by atoms with Crippen LogP contribution in [0.25, 0.3) is 6.08 Å². The van der Waals surface area contributed by atoms with Crippen LogP contribution in [0.5, 0.6) is 0 Å². The zero-order valence-electron chi connectivity index (χ0n) is 8.61. The fourth-order valence-electron chi connectivity index (χ4n) is 0.931. The van der Waals surface area contributed by atoms with Gasteiger partial charge in [0.05, 0.1) is 0 Å². The molecule has 0 amide bonds. The molecule has 0 aromatic carbocycles. The summed E-state index contributed by atoms with van der Waals surface area (Å²) < 4.78 is 0. The number of aliphatic carboxylic acids is 1. The van der Waals surface area contributed by atoms with E-state index < -0.39 is 5.97 Å². The standard InChI is InChI=1S/C13H12O2S/c14-13(15)10-6-4-2-1-3-5-8-12-9-7-11-16-12/h1-11H,(H,14,15). The summed E-state index contributed by atoms with van der Waals surface area (Å²) in [5.74, 6) is -0.939. The largest absolute Gasteiger partial charge is 0.478 e. The van der Waals surface area contributed by atoms with Crippen molar-refractivity contribution in [2.24, 2.45) is 0 Å². The van der Waals surface area contributed by atoms with Gasteiger partial charge in [-0.1, -0.05) is 42.5 Å². The lowest BCUT2D eigenvalue weighted by molar-refractivity contribution is -0.131. The van der Waals surface area contributed by atoms with Crippen molar-refractivity contribution in [2.75, 3.05) is 0 Å². The van der Waals surface area contributed by atoms with Gasteiger partial charge >= 0.3 is 5.97 Å². The lowest BCUT2D eigenvalue weighted by atomic mass is 10.3. The second-order valence-electron chi connectivity index (χ2n) is 2.84. The minimum absolute atomic E-state index is 0.939. The predicted molar refractivity (Wildman–Crippen MR) is 68.4 cm³/mol. The lowest BCUT2D eigenvalue weighted by Crippen LogP contribution is -1.84. The van der Waals surface area contributed by atoms with E-state index >= 15 is 0 Å². The van der Waals surface area contributed by atoms with Crippen molar-refractivity contribution in [1.82, 2.24) is 0 Å². The van der Waals surface area contributed by atoms with Crippen molar-refractivity contribution in [2.45, 2.75) is 0 Å². The SMILES string of the molecule is O=C(O)C=CC=CC=CC=Cc1cccs1. The summed E-state index contributed by atoms with van der Waals surface area (Å²) in [6.45, 7) is 0. The molecule has 82 valence electrons. The molecule has 1 aromatic rings. The number of allylic oxidation sites excluding steroid dienone is 6. The Bertz CT molecular complexity index is 423. The minimum Gasteiger partial charge on any atom is -0.478 e. The highest BCUT2D eigenvalue weighted by atomic mass is 32.1. The van der Waals surface area contributed by atoms with Crippen LogP contribution in [-0.2, 0) is 4.79 Å². The van der Waals surface area contributed by atoms with Crippen LogP contribution in [0, 0.1) is 0 Å². The molecule has 0 fully saturated rings. The Labute approximate surface area is 98.6 Å². The molecule has 0 radical (unpaired) electrons. The first kappa shape index (κ1) is 12.2. The van der Waals surface area contributed by atoms with Gasteiger partial charge in [-0.2, -0.15) is 0 Å². The molecule has 1 N–H and O–H groups in total. The predicted octanol–water partition coefficient (Wildman–Crippen LogP) is 3.51. The van der Waals surface area contributed by atoms with E-state index in [0.717, 1.165) is 6.08 Å². The average molecular weight is 232 g/mol. The number of thiophene rings is 1. The Balaban J connectivity index is 2.30. The number of hydrogen-bond donors (Lipinski definition) is 1. The van der Waals surface area contributed by atoms with Gasteiger partial charge in [0, 0.05) is 11.0 Å². The van der Waals surface area contributed by atoms with Crippen LogP contribution in [0.3, 0.4) is 0 Å². The van der Waals surface area contributed by atoms with Gasteiger partial charge in [-0.3, -0.25) is 0 Å². The maximum Gasteiger partial charge on any atom is 0.328 e. The van der Waals surface area contributed by atoms with Gasteiger partial charge in [-0.25, -0.2) is 4.79 Å². The van der Waals surface area contributed by atoms with E-state index in [1.807, 2.05) is 41.8 Å². The van der Waals surface area contributed by atoms with Crippen molar-refractivity contribution in [1.29, 1.82) is 0 Å². The van der Waals surface area contributed by atoms with Crippen LogP contribution in [0.4, 0.5) is 0 Å². The molecule has 0 spiro atoms. The van der Waals surface area contributed by atoms with E-state index in [-0.39, 0.29) is 0 Å². The molecular formula is C13H12O2S. The molecule has 1 rings (SSSR count). The molecular weight excluding hydrogens is 220 g/mol. The van der Waals surface area contributed by atoms with E-state index in [1.165, 1.54) is 11.0 Å². The quantitative estimate of drug-likeness (QED) is 0.623. The van der Waals surface area contributed by atoms with Crippen molar-refractivity contribution in [3.63, 3.8) is 0 Å². The van der Waals surface area contributed by atoms with Crippen LogP contribution in [0.2, 0.25) is 0 Å². The smallest absolute Gasteiger partial charge is 0.328 e. The second kappa shape index (κ2) is 7.43. The number of carboxylic acids is 1. The average Bonchev–Trinajstić information content (AvgIpc) is 2.74. The van der Waals surface area contributed by atoms with E-state index in [1.54, 1.807) is 23.5 Å². The highest BCUT2D eigenvalue weighted by Gasteiger charge is 1.81. The summed E-state index contributed by atoms with van der Waals surface area (Å²) in [5, 5.41) is 10.3. The van der Waals surface area contributed by atoms with Crippen LogP contribution < -0.4 is 0 Å². The Morgan fingerprint density at radius 3 is 2.44 bits per heavy atom. The molecule has 0 atom stereocenters. The lowest BCUT2D eigenvalue weighted by Gasteiger charge is -1.78. The maximum absolute atomic E-state index is 10.1. The Morgan fingerprint density at radius 1 is 1.12 bits per heavy atom. The van der Waals surface area contributed by atoms with E-state index in [2.05, 4.69) is 0 Å². The second-order valence-corrected chi connectivity index (χ2v) is 3.82. The number of carboxylic acid groups (broad SMARTS) is 1. The van der Waals surface area contributed by atoms with Crippen molar-refractivity contribution >= 4 is 23.4 Å². The molecule has 0 bridgehead atoms. The topological polar surface area (TPSA) is 37.3 Å². The molecule has 1 heterocycles. The van der Waals surface area contributed by atoms with Crippen LogP contribution in [-0.4, -0.2) is 11.1 Å². The van der Waals surface area contributed by atoms with Gasteiger partial charge in [-0.15, -0.1) is 11.3 Å². The first-order chi connectivity index (χ1) is 7.79. The Hall–Kier alpha value is -1.87. The summed E-state index contributed by atoms with van der Waals surface area (Å²) in [4.78, 5) is 11.3. The molecule has 0 saturated heterocycles.